The lowest BCUT2D eigenvalue weighted by Gasteiger charge is -2.29. The first-order chi connectivity index (χ1) is 13.2. The highest BCUT2D eigenvalue weighted by Crippen LogP contribution is 2.01. The molecular weight excluding hydrogens is 416 g/mol. The van der Waals surface area contributed by atoms with Gasteiger partial charge in [-0.05, 0) is 6.42 Å². The predicted molar refractivity (Wildman–Crippen MR) is 114 cm³/mol. The zero-order chi connectivity index (χ0) is 23.0. The van der Waals surface area contributed by atoms with Crippen molar-refractivity contribution in [2.45, 2.75) is 26.7 Å². The molecular formula is C19H40N2O8S. The van der Waals surface area contributed by atoms with Crippen molar-refractivity contribution in [3.63, 3.8) is 0 Å². The molecule has 0 rings (SSSR count). The number of carboxylic acids is 1. The lowest BCUT2D eigenvalue weighted by Crippen LogP contribution is -2.43. The van der Waals surface area contributed by atoms with Crippen LogP contribution < -0.4 is 5.11 Å². The molecule has 0 saturated heterocycles. The zero-order valence-corrected chi connectivity index (χ0v) is 18.8. The molecule has 0 N–H and O–H groups in total. The summed E-state index contributed by atoms with van der Waals surface area (Å²) < 4.78 is 32.0. The van der Waals surface area contributed by atoms with Crippen LogP contribution in [0.25, 0.3) is 0 Å². The van der Waals surface area contributed by atoms with E-state index in [0.29, 0.717) is 61.1 Å². The highest BCUT2D eigenvalue weighted by molar-refractivity contribution is 7.94. The van der Waals surface area contributed by atoms with Crippen LogP contribution in [-0.4, -0.2) is 116 Å². The molecule has 0 fully saturated rings. The third-order valence-electron chi connectivity index (χ3n) is 4.13. The molecule has 180 valence electrons. The maximum atomic E-state index is 10.8. The number of hydrogen-bond acceptors (Lipinski definition) is 8. The van der Waals surface area contributed by atoms with E-state index in [1.165, 1.54) is 0 Å². The minimum Gasteiger partial charge on any atom is -0.778 e. The van der Waals surface area contributed by atoms with E-state index in [1.54, 1.807) is 0 Å². The molecule has 0 radical (unpaired) electrons. The standard InChI is InChI=1S/C9H19NO4S.C9H17NO4.CH4/c1-10(2,6-7-14-9-11)5-4-8-15(3,12)13;1-10(2,6-7-14-8-11)5-3-4-9(12)13;/h9H,3-8H2,1-2H3;8H,3-7H2,1-2H3;1H4. The van der Waals surface area contributed by atoms with Gasteiger partial charge in [0.05, 0.1) is 41.3 Å². The molecule has 0 aromatic heterocycles. The Morgan fingerprint density at radius 2 is 1.33 bits per heavy atom. The first-order valence-electron chi connectivity index (χ1n) is 9.25. The second kappa shape index (κ2) is 17.0. The van der Waals surface area contributed by atoms with Gasteiger partial charge in [0.25, 0.3) is 12.9 Å². The Hall–Kier alpha value is -1.69. The molecule has 0 saturated carbocycles. The number of carboxylic acid groups (broad SMARTS) is 1. The lowest BCUT2D eigenvalue weighted by molar-refractivity contribution is -0.890. The number of carbonyl (C=O) groups excluding carboxylic acids is 3. The van der Waals surface area contributed by atoms with Crippen molar-refractivity contribution in [3.8, 4) is 0 Å². The number of quaternary nitrogens is 2. The van der Waals surface area contributed by atoms with E-state index < -0.39 is 15.8 Å². The number of rotatable bonds is 16. The predicted octanol–water partition coefficient (Wildman–Crippen LogP) is -1.13. The van der Waals surface area contributed by atoms with Crippen LogP contribution in [0.4, 0.5) is 0 Å². The van der Waals surface area contributed by atoms with Gasteiger partial charge in [0.2, 0.25) is 0 Å². The number of hydrogen-bond donors (Lipinski definition) is 0. The molecule has 30 heavy (non-hydrogen) atoms. The van der Waals surface area contributed by atoms with E-state index in [2.05, 4.69) is 15.3 Å². The fraction of sp³-hybridized carbons (Fsp3) is 0.789. The molecule has 0 bridgehead atoms. The maximum absolute atomic E-state index is 10.8. The van der Waals surface area contributed by atoms with E-state index in [9.17, 15) is 28.3 Å². The van der Waals surface area contributed by atoms with E-state index in [1.807, 2.05) is 28.2 Å². The minimum absolute atomic E-state index is 0. The van der Waals surface area contributed by atoms with Gasteiger partial charge in [-0.15, -0.1) is 0 Å². The van der Waals surface area contributed by atoms with Crippen LogP contribution in [0.15, 0.2) is 0 Å². The Labute approximate surface area is 181 Å². The molecule has 1 atom stereocenters. The van der Waals surface area contributed by atoms with Crippen molar-refractivity contribution >= 4 is 34.6 Å². The summed E-state index contributed by atoms with van der Waals surface area (Å²) in [7, 11) is 4.73. The largest absolute Gasteiger partial charge is 0.778 e. The van der Waals surface area contributed by atoms with Gasteiger partial charge in [0, 0.05) is 24.6 Å². The number of likely N-dealkylation sites (N-methyl/N-ethyl adjacent to an activating group) is 2. The van der Waals surface area contributed by atoms with E-state index >= 15 is 0 Å². The Balaban J connectivity index is -0.000000471. The maximum Gasteiger partial charge on any atom is 0.293 e. The number of aliphatic carboxylic acids is 1. The number of carbonyl (C=O) groups is 3. The van der Waals surface area contributed by atoms with Crippen molar-refractivity contribution in [1.29, 1.82) is 0 Å². The molecule has 0 aromatic rings. The Bertz CT molecular complexity index is 577. The lowest BCUT2D eigenvalue weighted by atomic mass is 10.3. The number of nitrogens with zero attached hydrogens (tertiary/aromatic N) is 2. The average molecular weight is 457 g/mol. The minimum atomic E-state index is -3.12. The smallest absolute Gasteiger partial charge is 0.293 e. The Morgan fingerprint density at radius 1 is 0.933 bits per heavy atom. The SMILES string of the molecule is C.C=S(=O)([O-])CCC[N+](C)(C)CCOC=O.C[N+](C)(CCCC(=O)[O-])CCOC=O. The van der Waals surface area contributed by atoms with Crippen LogP contribution in [0.3, 0.4) is 0 Å². The van der Waals surface area contributed by atoms with E-state index in [0.717, 1.165) is 13.1 Å². The Morgan fingerprint density at radius 3 is 1.67 bits per heavy atom. The highest BCUT2D eigenvalue weighted by Gasteiger charge is 2.15. The second-order valence-electron chi connectivity index (χ2n) is 7.98. The van der Waals surface area contributed by atoms with Gasteiger partial charge in [0.1, 0.15) is 26.3 Å². The highest BCUT2D eigenvalue weighted by atomic mass is 32.2. The van der Waals surface area contributed by atoms with Crippen molar-refractivity contribution in [2.75, 3.05) is 73.3 Å². The fourth-order valence-electron chi connectivity index (χ4n) is 2.28. The van der Waals surface area contributed by atoms with Gasteiger partial charge < -0.3 is 32.9 Å². The third-order valence-corrected chi connectivity index (χ3v) is 5.04. The van der Waals surface area contributed by atoms with E-state index in [4.69, 9.17) is 0 Å². The first kappa shape index (κ1) is 33.0. The summed E-state index contributed by atoms with van der Waals surface area (Å²) in [4.78, 5) is 30.0. The van der Waals surface area contributed by atoms with Crippen LogP contribution >= 0.6 is 0 Å². The fourth-order valence-corrected chi connectivity index (χ4v) is 2.85. The van der Waals surface area contributed by atoms with E-state index in [-0.39, 0.29) is 19.6 Å². The summed E-state index contributed by atoms with van der Waals surface area (Å²) in [5, 5.41) is 10.2. The van der Waals surface area contributed by atoms with Crippen LogP contribution in [-0.2, 0) is 33.7 Å². The van der Waals surface area contributed by atoms with Gasteiger partial charge in [-0.2, -0.15) is 0 Å². The Kier molecular flexibility index (Phi) is 18.7. The van der Waals surface area contributed by atoms with Gasteiger partial charge in [-0.1, -0.05) is 23.1 Å². The monoisotopic (exact) mass is 456 g/mol. The van der Waals surface area contributed by atoms with Gasteiger partial charge >= 0.3 is 0 Å². The molecule has 0 aliphatic heterocycles. The molecule has 10 nitrogen and oxygen atoms in total. The average Bonchev–Trinajstić information content (AvgIpc) is 2.53. The molecule has 11 heteroatoms. The molecule has 0 heterocycles. The van der Waals surface area contributed by atoms with Crippen LogP contribution in [0.2, 0.25) is 0 Å². The zero-order valence-electron chi connectivity index (χ0n) is 18.0. The van der Waals surface area contributed by atoms with Crippen molar-refractivity contribution in [1.82, 2.24) is 0 Å². The summed E-state index contributed by atoms with van der Waals surface area (Å²) in [5.74, 6) is 2.14. The van der Waals surface area contributed by atoms with Crippen LogP contribution in [0.1, 0.15) is 26.7 Å². The summed E-state index contributed by atoms with van der Waals surface area (Å²) >= 11 is 0. The van der Waals surface area contributed by atoms with Crippen molar-refractivity contribution in [3.05, 3.63) is 0 Å². The summed E-state index contributed by atoms with van der Waals surface area (Å²) in [6, 6.07) is 0. The molecule has 0 aliphatic carbocycles. The molecule has 0 amide bonds. The van der Waals surface area contributed by atoms with Crippen molar-refractivity contribution < 1.29 is 46.7 Å². The number of ether oxygens (including phenoxy) is 2. The summed E-state index contributed by atoms with van der Waals surface area (Å²) in [5.41, 5.74) is 0. The van der Waals surface area contributed by atoms with Gasteiger partial charge in [-0.25, -0.2) is 0 Å². The molecule has 1 unspecified atom stereocenters. The topological polar surface area (TPSA) is 133 Å². The third kappa shape index (κ3) is 26.3. The second-order valence-corrected chi connectivity index (χ2v) is 9.87. The summed E-state index contributed by atoms with van der Waals surface area (Å²) in [6.45, 7) is 4.37. The van der Waals surface area contributed by atoms with Gasteiger partial charge in [-0.3, -0.25) is 13.8 Å². The summed E-state index contributed by atoms with van der Waals surface area (Å²) in [6.07, 6.45) is 1.23. The molecule has 0 aliphatic rings. The van der Waals surface area contributed by atoms with Gasteiger partial charge in [0.15, 0.2) is 0 Å². The molecule has 0 aromatic carbocycles. The quantitative estimate of drug-likeness (QED) is 0.123. The van der Waals surface area contributed by atoms with Crippen LogP contribution in [0, 0.1) is 0 Å². The van der Waals surface area contributed by atoms with Crippen molar-refractivity contribution in [2.24, 2.45) is 0 Å². The normalized spacial score (nSPS) is 13.0. The first-order valence-corrected chi connectivity index (χ1v) is 11.1. The van der Waals surface area contributed by atoms with Crippen LogP contribution in [0.5, 0.6) is 0 Å². The molecule has 0 spiro atoms.